The van der Waals surface area contributed by atoms with Gasteiger partial charge in [0.15, 0.2) is 5.58 Å². The van der Waals surface area contributed by atoms with Gasteiger partial charge in [0.1, 0.15) is 0 Å². The number of aromatic nitrogens is 1. The monoisotopic (exact) mass is 360 g/mol. The first-order valence-corrected chi connectivity index (χ1v) is 8.38. The molecular weight excluding hydrogens is 344 g/mol. The van der Waals surface area contributed by atoms with E-state index in [-0.39, 0.29) is 5.56 Å². The zero-order chi connectivity index (χ0) is 18.8. The molecule has 2 N–H and O–H groups in total. The molecule has 0 aliphatic heterocycles. The Balaban J connectivity index is 1.66. The molecule has 1 heterocycles. The van der Waals surface area contributed by atoms with E-state index >= 15 is 0 Å². The second-order valence-electron chi connectivity index (χ2n) is 6.13. The standard InChI is InChI=1S/C21H16N2O4/c24-20(25)15-6-8-16(9-7-15)22-17-10-11-19-18(12-17)23(21(26)27-19)13-14-4-2-1-3-5-14/h1-12,22H,13H2,(H,24,25). The quantitative estimate of drug-likeness (QED) is 0.560. The number of oxazole rings is 1. The number of hydrogen-bond donors (Lipinski definition) is 2. The fraction of sp³-hybridized carbons (Fsp3) is 0.0476. The normalized spacial score (nSPS) is 10.8. The zero-order valence-electron chi connectivity index (χ0n) is 14.3. The lowest BCUT2D eigenvalue weighted by atomic mass is 10.2. The van der Waals surface area contributed by atoms with Crippen molar-refractivity contribution in [2.45, 2.75) is 6.54 Å². The van der Waals surface area contributed by atoms with E-state index in [9.17, 15) is 9.59 Å². The van der Waals surface area contributed by atoms with Gasteiger partial charge in [-0.15, -0.1) is 0 Å². The molecule has 0 saturated carbocycles. The van der Waals surface area contributed by atoms with E-state index in [4.69, 9.17) is 9.52 Å². The van der Waals surface area contributed by atoms with E-state index in [1.165, 1.54) is 12.1 Å². The van der Waals surface area contributed by atoms with E-state index < -0.39 is 11.7 Å². The summed E-state index contributed by atoms with van der Waals surface area (Å²) in [4.78, 5) is 23.2. The molecule has 0 atom stereocenters. The zero-order valence-corrected chi connectivity index (χ0v) is 14.3. The first-order chi connectivity index (χ1) is 13.1. The molecule has 0 saturated heterocycles. The largest absolute Gasteiger partial charge is 0.478 e. The van der Waals surface area contributed by atoms with Crippen LogP contribution in [0.4, 0.5) is 11.4 Å². The molecule has 4 aromatic rings. The van der Waals surface area contributed by atoms with E-state index in [1.807, 2.05) is 42.5 Å². The number of carbonyl (C=O) groups is 1. The average Bonchev–Trinajstić information content (AvgIpc) is 2.98. The highest BCUT2D eigenvalue weighted by atomic mass is 16.4. The maximum absolute atomic E-state index is 12.2. The Labute approximate surface area is 154 Å². The minimum Gasteiger partial charge on any atom is -0.478 e. The molecule has 1 aromatic heterocycles. The van der Waals surface area contributed by atoms with E-state index in [0.29, 0.717) is 17.6 Å². The maximum Gasteiger partial charge on any atom is 0.420 e. The first-order valence-electron chi connectivity index (χ1n) is 8.38. The first kappa shape index (κ1) is 16.7. The topological polar surface area (TPSA) is 84.5 Å². The maximum atomic E-state index is 12.2. The molecule has 0 aliphatic carbocycles. The van der Waals surface area contributed by atoms with Crippen molar-refractivity contribution >= 4 is 28.4 Å². The van der Waals surface area contributed by atoms with Crippen molar-refractivity contribution in [3.8, 4) is 0 Å². The number of nitrogens with zero attached hydrogens (tertiary/aromatic N) is 1. The molecule has 134 valence electrons. The molecule has 0 aliphatic rings. The van der Waals surface area contributed by atoms with Crippen molar-refractivity contribution in [2.24, 2.45) is 0 Å². The molecule has 0 unspecified atom stereocenters. The number of aromatic carboxylic acids is 1. The highest BCUT2D eigenvalue weighted by molar-refractivity contribution is 5.88. The van der Waals surface area contributed by atoms with Crippen LogP contribution in [-0.4, -0.2) is 15.6 Å². The van der Waals surface area contributed by atoms with Crippen LogP contribution in [-0.2, 0) is 6.54 Å². The number of nitrogens with one attached hydrogen (secondary N) is 1. The molecule has 4 rings (SSSR count). The summed E-state index contributed by atoms with van der Waals surface area (Å²) in [5.74, 6) is -1.37. The van der Waals surface area contributed by atoms with Gasteiger partial charge in [-0.3, -0.25) is 4.57 Å². The molecule has 0 radical (unpaired) electrons. The Morgan fingerprint density at radius 1 is 0.963 bits per heavy atom. The molecule has 0 spiro atoms. The lowest BCUT2D eigenvalue weighted by Gasteiger charge is -2.08. The van der Waals surface area contributed by atoms with Gasteiger partial charge in [0, 0.05) is 11.4 Å². The number of hydrogen-bond acceptors (Lipinski definition) is 4. The molecule has 3 aromatic carbocycles. The SMILES string of the molecule is O=C(O)c1ccc(Nc2ccc3oc(=O)n(Cc4ccccc4)c3c2)cc1. The van der Waals surface area contributed by atoms with Gasteiger partial charge in [0.05, 0.1) is 17.6 Å². The summed E-state index contributed by atoms with van der Waals surface area (Å²) in [5, 5.41) is 12.2. The van der Waals surface area contributed by atoms with Crippen molar-refractivity contribution < 1.29 is 14.3 Å². The summed E-state index contributed by atoms with van der Waals surface area (Å²) < 4.78 is 6.92. The fourth-order valence-electron chi connectivity index (χ4n) is 2.92. The Morgan fingerprint density at radius 2 is 1.67 bits per heavy atom. The van der Waals surface area contributed by atoms with Crippen molar-refractivity contribution in [2.75, 3.05) is 5.32 Å². The predicted molar refractivity (Wildman–Crippen MR) is 103 cm³/mol. The molecule has 6 nitrogen and oxygen atoms in total. The summed E-state index contributed by atoms with van der Waals surface area (Å²) in [6.07, 6.45) is 0. The number of fused-ring (bicyclic) bond motifs is 1. The van der Waals surface area contributed by atoms with Crippen molar-refractivity contribution in [3.63, 3.8) is 0 Å². The van der Waals surface area contributed by atoms with Gasteiger partial charge in [-0.25, -0.2) is 9.59 Å². The van der Waals surface area contributed by atoms with E-state index in [0.717, 1.165) is 16.9 Å². The van der Waals surface area contributed by atoms with Crippen molar-refractivity contribution in [3.05, 3.63) is 94.5 Å². The fourth-order valence-corrected chi connectivity index (χ4v) is 2.92. The molecule has 0 bridgehead atoms. The van der Waals surface area contributed by atoms with Gasteiger partial charge < -0.3 is 14.8 Å². The number of anilines is 2. The van der Waals surface area contributed by atoms with Gasteiger partial charge in [0.2, 0.25) is 0 Å². The lowest BCUT2D eigenvalue weighted by molar-refractivity contribution is 0.0697. The minimum absolute atomic E-state index is 0.225. The van der Waals surface area contributed by atoms with Gasteiger partial charge in [-0.2, -0.15) is 0 Å². The Bertz CT molecular complexity index is 1160. The van der Waals surface area contributed by atoms with Crippen LogP contribution in [0, 0.1) is 0 Å². The molecule has 6 heteroatoms. The van der Waals surface area contributed by atoms with Crippen molar-refractivity contribution in [1.29, 1.82) is 0 Å². The van der Waals surface area contributed by atoms with E-state index in [1.54, 1.807) is 22.8 Å². The van der Waals surface area contributed by atoms with Crippen LogP contribution in [0.5, 0.6) is 0 Å². The Hall–Kier alpha value is -3.80. The summed E-state index contributed by atoms with van der Waals surface area (Å²) in [6, 6.07) is 21.5. The third-order valence-corrected chi connectivity index (χ3v) is 4.27. The number of carboxylic acid groups (broad SMARTS) is 1. The summed E-state index contributed by atoms with van der Waals surface area (Å²) in [5.41, 5.74) is 3.96. The van der Waals surface area contributed by atoms with Crippen LogP contribution < -0.4 is 11.1 Å². The molecular formula is C21H16N2O4. The Kier molecular flexibility index (Phi) is 4.22. The second-order valence-corrected chi connectivity index (χ2v) is 6.13. The van der Waals surface area contributed by atoms with Crippen LogP contribution in [0.2, 0.25) is 0 Å². The van der Waals surface area contributed by atoms with Crippen LogP contribution in [0.15, 0.2) is 82.0 Å². The highest BCUT2D eigenvalue weighted by Gasteiger charge is 2.11. The molecule has 27 heavy (non-hydrogen) atoms. The van der Waals surface area contributed by atoms with Crippen LogP contribution in [0.25, 0.3) is 11.1 Å². The molecule has 0 amide bonds. The van der Waals surface area contributed by atoms with Gasteiger partial charge in [-0.1, -0.05) is 30.3 Å². The highest BCUT2D eigenvalue weighted by Crippen LogP contribution is 2.23. The van der Waals surface area contributed by atoms with Gasteiger partial charge in [-0.05, 0) is 48.0 Å². The van der Waals surface area contributed by atoms with Crippen LogP contribution in [0.1, 0.15) is 15.9 Å². The van der Waals surface area contributed by atoms with Gasteiger partial charge in [0.25, 0.3) is 0 Å². The summed E-state index contributed by atoms with van der Waals surface area (Å²) >= 11 is 0. The minimum atomic E-state index is -0.966. The smallest absolute Gasteiger partial charge is 0.420 e. The van der Waals surface area contributed by atoms with Crippen LogP contribution >= 0.6 is 0 Å². The van der Waals surface area contributed by atoms with Crippen LogP contribution in [0.3, 0.4) is 0 Å². The molecule has 0 fully saturated rings. The number of rotatable bonds is 5. The van der Waals surface area contributed by atoms with E-state index in [2.05, 4.69) is 5.32 Å². The predicted octanol–water partition coefficient (Wildman–Crippen LogP) is 4.08. The second kappa shape index (κ2) is 6.84. The number of benzene rings is 3. The summed E-state index contributed by atoms with van der Waals surface area (Å²) in [7, 11) is 0. The van der Waals surface area contributed by atoms with Gasteiger partial charge >= 0.3 is 11.7 Å². The average molecular weight is 360 g/mol. The third kappa shape index (κ3) is 3.46. The number of carboxylic acids is 1. The van der Waals surface area contributed by atoms with Crippen molar-refractivity contribution in [1.82, 2.24) is 4.57 Å². The summed E-state index contributed by atoms with van der Waals surface area (Å²) in [6.45, 7) is 0.420. The lowest BCUT2D eigenvalue weighted by Crippen LogP contribution is -2.14. The Morgan fingerprint density at radius 3 is 2.37 bits per heavy atom. The third-order valence-electron chi connectivity index (χ3n) is 4.27.